The average Bonchev–Trinajstić information content (AvgIpc) is 2.34. The maximum atomic E-state index is 10.4. The van der Waals surface area contributed by atoms with Crippen molar-refractivity contribution < 1.29 is 5.11 Å². The lowest BCUT2D eigenvalue weighted by molar-refractivity contribution is 0.0634. The summed E-state index contributed by atoms with van der Waals surface area (Å²) >= 11 is 0. The van der Waals surface area contributed by atoms with Crippen LogP contribution in [0, 0.1) is 6.92 Å². The van der Waals surface area contributed by atoms with Gasteiger partial charge in [0.15, 0.2) is 0 Å². The highest BCUT2D eigenvalue weighted by Gasteiger charge is 2.25. The minimum Gasteiger partial charge on any atom is -0.388 e. The van der Waals surface area contributed by atoms with E-state index in [0.717, 1.165) is 31.6 Å². The number of hydrogen-bond acceptors (Lipinski definition) is 3. The van der Waals surface area contributed by atoms with E-state index < -0.39 is 0 Å². The van der Waals surface area contributed by atoms with E-state index >= 15 is 0 Å². The molecule has 0 radical (unpaired) electrons. The summed E-state index contributed by atoms with van der Waals surface area (Å²) in [7, 11) is 4.31. The molecule has 1 N–H and O–H groups in total. The molecule has 1 aliphatic heterocycles. The third-order valence-corrected chi connectivity index (χ3v) is 3.90. The van der Waals surface area contributed by atoms with E-state index in [4.69, 9.17) is 0 Å². The smallest absolute Gasteiger partial charge is 0.0805 e. The molecule has 2 atom stereocenters. The highest BCUT2D eigenvalue weighted by molar-refractivity contribution is 5.24. The summed E-state index contributed by atoms with van der Waals surface area (Å²) in [5.74, 6) is 0. The van der Waals surface area contributed by atoms with E-state index in [1.54, 1.807) is 0 Å². The van der Waals surface area contributed by atoms with E-state index in [2.05, 4.69) is 43.0 Å². The van der Waals surface area contributed by atoms with Gasteiger partial charge in [-0.05, 0) is 33.0 Å². The van der Waals surface area contributed by atoms with Gasteiger partial charge in [-0.3, -0.25) is 0 Å². The number of aliphatic hydroxyl groups excluding tert-OH is 1. The number of benzene rings is 1. The largest absolute Gasteiger partial charge is 0.388 e. The summed E-state index contributed by atoms with van der Waals surface area (Å²) < 4.78 is 0. The van der Waals surface area contributed by atoms with Crippen LogP contribution >= 0.6 is 0 Å². The van der Waals surface area contributed by atoms with Crippen LogP contribution in [0.5, 0.6) is 0 Å². The summed E-state index contributed by atoms with van der Waals surface area (Å²) in [6.07, 6.45) is 0.452. The maximum absolute atomic E-state index is 10.4. The summed E-state index contributed by atoms with van der Waals surface area (Å²) in [4.78, 5) is 4.70. The molecule has 1 heterocycles. The summed E-state index contributed by atoms with van der Waals surface area (Å²) in [5.41, 5.74) is 2.25. The molecule has 0 aliphatic carbocycles. The van der Waals surface area contributed by atoms with Crippen molar-refractivity contribution in [2.45, 2.75) is 25.5 Å². The van der Waals surface area contributed by atoms with Crippen molar-refractivity contribution in [1.82, 2.24) is 9.80 Å². The molecule has 0 aromatic heterocycles. The third kappa shape index (κ3) is 3.31. The van der Waals surface area contributed by atoms with Crippen LogP contribution in [0.4, 0.5) is 0 Å². The number of aliphatic hydroxyl groups is 1. The molecule has 0 amide bonds. The van der Waals surface area contributed by atoms with Crippen LogP contribution in [0.3, 0.4) is 0 Å². The Morgan fingerprint density at radius 2 is 2.11 bits per heavy atom. The van der Waals surface area contributed by atoms with Crippen LogP contribution in [0.15, 0.2) is 24.3 Å². The van der Waals surface area contributed by atoms with Gasteiger partial charge in [-0.15, -0.1) is 0 Å². The quantitative estimate of drug-likeness (QED) is 0.881. The Morgan fingerprint density at radius 1 is 1.33 bits per heavy atom. The normalized spacial score (nSPS) is 24.1. The fraction of sp³-hybridized carbons (Fsp3) is 0.600. The minimum absolute atomic E-state index is 0.358. The predicted molar refractivity (Wildman–Crippen MR) is 74.7 cm³/mol. The first-order valence-electron chi connectivity index (χ1n) is 6.69. The Kier molecular flexibility index (Phi) is 4.38. The van der Waals surface area contributed by atoms with E-state index in [-0.39, 0.29) is 6.10 Å². The van der Waals surface area contributed by atoms with Crippen LogP contribution < -0.4 is 0 Å². The lowest BCUT2D eigenvalue weighted by Crippen LogP contribution is -2.50. The highest BCUT2D eigenvalue weighted by Crippen LogP contribution is 2.22. The first kappa shape index (κ1) is 13.5. The molecule has 18 heavy (non-hydrogen) atoms. The van der Waals surface area contributed by atoms with Crippen LogP contribution in [0.2, 0.25) is 0 Å². The molecule has 1 fully saturated rings. The van der Waals surface area contributed by atoms with E-state index in [1.807, 2.05) is 12.1 Å². The molecule has 1 aliphatic rings. The van der Waals surface area contributed by atoms with Crippen LogP contribution in [-0.2, 0) is 0 Å². The SMILES string of the molecule is Cc1cccc(C(O)CC2CN(C)CCN2C)c1. The maximum Gasteiger partial charge on any atom is 0.0805 e. The van der Waals surface area contributed by atoms with Crippen molar-refractivity contribution >= 4 is 0 Å². The molecule has 1 saturated heterocycles. The molecule has 0 spiro atoms. The van der Waals surface area contributed by atoms with Crippen LogP contribution in [0.25, 0.3) is 0 Å². The van der Waals surface area contributed by atoms with Gasteiger partial charge in [0, 0.05) is 25.7 Å². The van der Waals surface area contributed by atoms with Crippen molar-refractivity contribution in [2.24, 2.45) is 0 Å². The summed E-state index contributed by atoms with van der Waals surface area (Å²) in [5, 5.41) is 10.4. The molecule has 2 unspecified atom stereocenters. The Morgan fingerprint density at radius 3 is 2.83 bits per heavy atom. The molecule has 2 rings (SSSR count). The van der Waals surface area contributed by atoms with Crippen molar-refractivity contribution in [2.75, 3.05) is 33.7 Å². The molecule has 3 nitrogen and oxygen atoms in total. The van der Waals surface area contributed by atoms with Gasteiger partial charge in [0.2, 0.25) is 0 Å². The first-order valence-corrected chi connectivity index (χ1v) is 6.69. The number of piperazine rings is 1. The van der Waals surface area contributed by atoms with Crippen molar-refractivity contribution in [3.8, 4) is 0 Å². The first-order chi connectivity index (χ1) is 8.56. The van der Waals surface area contributed by atoms with Gasteiger partial charge in [0.25, 0.3) is 0 Å². The van der Waals surface area contributed by atoms with Crippen molar-refractivity contribution in [3.63, 3.8) is 0 Å². The molecule has 0 bridgehead atoms. The lowest BCUT2D eigenvalue weighted by atomic mass is 9.98. The molecular formula is C15H24N2O. The van der Waals surface area contributed by atoms with Gasteiger partial charge in [-0.1, -0.05) is 29.8 Å². The molecule has 1 aromatic rings. The van der Waals surface area contributed by atoms with Crippen molar-refractivity contribution in [1.29, 1.82) is 0 Å². The highest BCUT2D eigenvalue weighted by atomic mass is 16.3. The van der Waals surface area contributed by atoms with E-state index in [9.17, 15) is 5.11 Å². The zero-order chi connectivity index (χ0) is 13.1. The minimum atomic E-state index is -0.358. The standard InChI is InChI=1S/C15H24N2O/c1-12-5-4-6-13(9-12)15(18)10-14-11-16(2)7-8-17(14)3/h4-6,9,14-15,18H,7-8,10-11H2,1-3H3. The molecule has 1 aromatic carbocycles. The average molecular weight is 248 g/mol. The number of hydrogen-bond donors (Lipinski definition) is 1. The summed E-state index contributed by atoms with van der Waals surface area (Å²) in [6.45, 7) is 5.31. The van der Waals surface area contributed by atoms with Crippen molar-refractivity contribution in [3.05, 3.63) is 35.4 Å². The summed E-state index contributed by atoms with van der Waals surface area (Å²) in [6, 6.07) is 8.63. The van der Waals surface area contributed by atoms with Crippen LogP contribution in [0.1, 0.15) is 23.7 Å². The van der Waals surface area contributed by atoms with Gasteiger partial charge in [-0.25, -0.2) is 0 Å². The van der Waals surface area contributed by atoms with Gasteiger partial charge in [0.05, 0.1) is 6.10 Å². The predicted octanol–water partition coefficient (Wildman–Crippen LogP) is 1.66. The Balaban J connectivity index is 2.00. The topological polar surface area (TPSA) is 26.7 Å². The second kappa shape index (κ2) is 5.83. The zero-order valence-electron chi connectivity index (χ0n) is 11.6. The Bertz CT molecular complexity index is 394. The second-order valence-electron chi connectivity index (χ2n) is 5.56. The Labute approximate surface area is 110 Å². The Hall–Kier alpha value is -0.900. The monoisotopic (exact) mass is 248 g/mol. The number of rotatable bonds is 3. The molecule has 100 valence electrons. The molecular weight excluding hydrogens is 224 g/mol. The van der Waals surface area contributed by atoms with E-state index in [1.165, 1.54) is 5.56 Å². The fourth-order valence-electron chi connectivity index (χ4n) is 2.63. The van der Waals surface area contributed by atoms with Gasteiger partial charge < -0.3 is 14.9 Å². The number of aryl methyl sites for hydroxylation is 1. The van der Waals surface area contributed by atoms with Gasteiger partial charge in [-0.2, -0.15) is 0 Å². The van der Waals surface area contributed by atoms with Gasteiger partial charge >= 0.3 is 0 Å². The second-order valence-corrected chi connectivity index (χ2v) is 5.56. The van der Waals surface area contributed by atoms with Gasteiger partial charge in [0.1, 0.15) is 0 Å². The van der Waals surface area contributed by atoms with E-state index in [0.29, 0.717) is 6.04 Å². The van der Waals surface area contributed by atoms with Crippen LogP contribution in [-0.4, -0.2) is 54.7 Å². The number of likely N-dealkylation sites (N-methyl/N-ethyl adjacent to an activating group) is 2. The molecule has 3 heteroatoms. The number of nitrogens with zero attached hydrogens (tertiary/aromatic N) is 2. The fourth-order valence-corrected chi connectivity index (χ4v) is 2.63. The zero-order valence-corrected chi connectivity index (χ0v) is 11.6. The molecule has 0 saturated carbocycles. The lowest BCUT2D eigenvalue weighted by Gasteiger charge is -2.38. The third-order valence-electron chi connectivity index (χ3n) is 3.90.